The highest BCUT2D eigenvalue weighted by atomic mass is 16.4. The third-order valence-corrected chi connectivity index (χ3v) is 2.40. The van der Waals surface area contributed by atoms with Crippen LogP contribution in [-0.2, 0) is 11.2 Å². The highest BCUT2D eigenvalue weighted by Gasteiger charge is 2.16. The van der Waals surface area contributed by atoms with Gasteiger partial charge in [0.05, 0.1) is 0 Å². The summed E-state index contributed by atoms with van der Waals surface area (Å²) in [7, 11) is 0. The summed E-state index contributed by atoms with van der Waals surface area (Å²) >= 11 is 0. The number of nitrogens with zero attached hydrogens (tertiary/aromatic N) is 1. The van der Waals surface area contributed by atoms with Gasteiger partial charge in [0.15, 0.2) is 0 Å². The number of carbonyl (C=O) groups is 2. The van der Waals surface area contributed by atoms with Crippen LogP contribution in [0, 0.1) is 0 Å². The van der Waals surface area contributed by atoms with Crippen LogP contribution in [0.15, 0.2) is 24.4 Å². The Hall–Kier alpha value is -2.11. The smallest absolute Gasteiger partial charge is 0.326 e. The molecule has 2 amide bonds. The lowest BCUT2D eigenvalue weighted by Crippen LogP contribution is -2.46. The number of aliphatic carboxylic acids is 1. The molecule has 1 aromatic heterocycles. The van der Waals surface area contributed by atoms with Crippen LogP contribution in [0.25, 0.3) is 0 Å². The van der Waals surface area contributed by atoms with Gasteiger partial charge in [0.25, 0.3) is 0 Å². The average Bonchev–Trinajstić information content (AvgIpc) is 2.37. The van der Waals surface area contributed by atoms with Gasteiger partial charge in [-0.15, -0.1) is 0 Å². The van der Waals surface area contributed by atoms with Gasteiger partial charge in [-0.25, -0.2) is 9.59 Å². The van der Waals surface area contributed by atoms with E-state index in [2.05, 4.69) is 15.6 Å². The molecule has 3 N–H and O–H groups in total. The van der Waals surface area contributed by atoms with Crippen molar-refractivity contribution in [1.82, 2.24) is 15.6 Å². The number of carbonyl (C=O) groups excluding carboxylic acids is 1. The topological polar surface area (TPSA) is 91.3 Å². The fraction of sp³-hybridized carbons (Fsp3) is 0.417. The third-order valence-electron chi connectivity index (χ3n) is 2.40. The van der Waals surface area contributed by atoms with Crippen molar-refractivity contribution in [3.05, 3.63) is 30.1 Å². The fourth-order valence-corrected chi connectivity index (χ4v) is 1.40. The first-order chi connectivity index (χ1) is 8.63. The Labute approximate surface area is 105 Å². The molecule has 0 saturated heterocycles. The Balaban J connectivity index is 2.27. The number of carboxylic acids is 1. The molecule has 1 rings (SSSR count). The minimum atomic E-state index is -1.03. The van der Waals surface area contributed by atoms with Gasteiger partial charge in [0.1, 0.15) is 6.04 Å². The van der Waals surface area contributed by atoms with E-state index >= 15 is 0 Å². The maximum atomic E-state index is 11.4. The number of hydrogen-bond acceptors (Lipinski definition) is 3. The van der Waals surface area contributed by atoms with E-state index in [0.717, 1.165) is 5.69 Å². The van der Waals surface area contributed by atoms with E-state index < -0.39 is 18.0 Å². The van der Waals surface area contributed by atoms with Gasteiger partial charge in [0.2, 0.25) is 0 Å². The Morgan fingerprint density at radius 3 is 2.78 bits per heavy atom. The maximum Gasteiger partial charge on any atom is 0.326 e. The molecule has 0 aliphatic rings. The largest absolute Gasteiger partial charge is 0.480 e. The summed E-state index contributed by atoms with van der Waals surface area (Å²) in [6, 6.07) is 4.24. The van der Waals surface area contributed by atoms with Crippen LogP contribution in [0.1, 0.15) is 19.0 Å². The number of nitrogens with one attached hydrogen (secondary N) is 2. The van der Waals surface area contributed by atoms with Crippen molar-refractivity contribution in [2.75, 3.05) is 6.54 Å². The molecule has 1 heterocycles. The summed E-state index contributed by atoms with van der Waals surface area (Å²) in [6.45, 7) is 2.12. The SMILES string of the molecule is CCC(NC(=O)NCCc1ccccn1)C(=O)O. The maximum absolute atomic E-state index is 11.4. The number of aromatic nitrogens is 1. The molecule has 0 aliphatic carbocycles. The summed E-state index contributed by atoms with van der Waals surface area (Å²) in [5.74, 6) is -1.03. The number of rotatable bonds is 6. The Morgan fingerprint density at radius 2 is 2.22 bits per heavy atom. The molecule has 0 fully saturated rings. The lowest BCUT2D eigenvalue weighted by molar-refractivity contribution is -0.139. The van der Waals surface area contributed by atoms with Crippen LogP contribution in [-0.4, -0.2) is 34.7 Å². The molecule has 0 bridgehead atoms. The Kier molecular flexibility index (Phi) is 5.63. The zero-order valence-corrected chi connectivity index (χ0v) is 10.2. The lowest BCUT2D eigenvalue weighted by atomic mass is 10.2. The second-order valence-electron chi connectivity index (χ2n) is 3.77. The van der Waals surface area contributed by atoms with E-state index in [1.165, 1.54) is 0 Å². The number of hydrogen-bond donors (Lipinski definition) is 3. The first-order valence-electron chi connectivity index (χ1n) is 5.80. The number of carboxylic acid groups (broad SMARTS) is 1. The molecule has 0 saturated carbocycles. The zero-order valence-electron chi connectivity index (χ0n) is 10.2. The molecule has 6 heteroatoms. The summed E-state index contributed by atoms with van der Waals surface area (Å²) in [6.07, 6.45) is 2.65. The first kappa shape index (κ1) is 14.0. The number of urea groups is 1. The molecule has 6 nitrogen and oxygen atoms in total. The Bertz CT molecular complexity index is 395. The summed E-state index contributed by atoms with van der Waals surface area (Å²) < 4.78 is 0. The summed E-state index contributed by atoms with van der Waals surface area (Å²) in [4.78, 5) is 26.2. The standard InChI is InChI=1S/C12H17N3O3/c1-2-10(11(16)17)15-12(18)14-8-6-9-5-3-4-7-13-9/h3-5,7,10H,2,6,8H2,1H3,(H,16,17)(H2,14,15,18). The van der Waals surface area contributed by atoms with Crippen molar-refractivity contribution < 1.29 is 14.7 Å². The van der Waals surface area contributed by atoms with Crippen LogP contribution < -0.4 is 10.6 Å². The third kappa shape index (κ3) is 4.82. The van der Waals surface area contributed by atoms with Crippen LogP contribution in [0.4, 0.5) is 4.79 Å². The van der Waals surface area contributed by atoms with E-state index in [9.17, 15) is 9.59 Å². The first-order valence-corrected chi connectivity index (χ1v) is 5.80. The molecule has 1 atom stereocenters. The molecule has 18 heavy (non-hydrogen) atoms. The van der Waals surface area contributed by atoms with Crippen molar-refractivity contribution >= 4 is 12.0 Å². The molecule has 0 aromatic carbocycles. The normalized spacial score (nSPS) is 11.6. The van der Waals surface area contributed by atoms with E-state index in [4.69, 9.17) is 5.11 Å². The fourth-order valence-electron chi connectivity index (χ4n) is 1.40. The van der Waals surface area contributed by atoms with E-state index in [1.807, 2.05) is 18.2 Å². The van der Waals surface area contributed by atoms with Gasteiger partial charge >= 0.3 is 12.0 Å². The second-order valence-corrected chi connectivity index (χ2v) is 3.77. The molecular weight excluding hydrogens is 234 g/mol. The van der Waals surface area contributed by atoms with Gasteiger partial charge in [0, 0.05) is 24.9 Å². The van der Waals surface area contributed by atoms with Gasteiger partial charge in [-0.3, -0.25) is 4.98 Å². The monoisotopic (exact) mass is 251 g/mol. The summed E-state index contributed by atoms with van der Waals surface area (Å²) in [5, 5.41) is 13.8. The van der Waals surface area contributed by atoms with Gasteiger partial charge in [-0.2, -0.15) is 0 Å². The van der Waals surface area contributed by atoms with Crippen molar-refractivity contribution in [1.29, 1.82) is 0 Å². The second kappa shape index (κ2) is 7.26. The molecular formula is C12H17N3O3. The van der Waals surface area contributed by atoms with E-state index in [1.54, 1.807) is 13.1 Å². The molecule has 98 valence electrons. The Morgan fingerprint density at radius 1 is 1.44 bits per heavy atom. The minimum Gasteiger partial charge on any atom is -0.480 e. The van der Waals surface area contributed by atoms with Crippen molar-refractivity contribution in [3.63, 3.8) is 0 Å². The average molecular weight is 251 g/mol. The van der Waals surface area contributed by atoms with Gasteiger partial charge in [-0.05, 0) is 18.6 Å². The molecule has 0 aliphatic heterocycles. The molecule has 0 radical (unpaired) electrons. The molecule has 1 unspecified atom stereocenters. The quantitative estimate of drug-likeness (QED) is 0.697. The van der Waals surface area contributed by atoms with Crippen LogP contribution in [0.2, 0.25) is 0 Å². The van der Waals surface area contributed by atoms with Crippen molar-refractivity contribution in [3.8, 4) is 0 Å². The number of amides is 2. The molecule has 0 spiro atoms. The highest BCUT2D eigenvalue weighted by Crippen LogP contribution is 1.93. The van der Waals surface area contributed by atoms with Crippen LogP contribution >= 0.6 is 0 Å². The van der Waals surface area contributed by atoms with Crippen molar-refractivity contribution in [2.24, 2.45) is 0 Å². The highest BCUT2D eigenvalue weighted by molar-refractivity contribution is 5.82. The predicted octanol–water partition coefficient (Wildman–Crippen LogP) is 0.786. The van der Waals surface area contributed by atoms with Gasteiger partial charge < -0.3 is 15.7 Å². The van der Waals surface area contributed by atoms with Crippen LogP contribution in [0.3, 0.4) is 0 Å². The number of pyridine rings is 1. The van der Waals surface area contributed by atoms with Crippen molar-refractivity contribution in [2.45, 2.75) is 25.8 Å². The van der Waals surface area contributed by atoms with E-state index in [0.29, 0.717) is 19.4 Å². The van der Waals surface area contributed by atoms with E-state index in [-0.39, 0.29) is 0 Å². The van der Waals surface area contributed by atoms with Gasteiger partial charge in [-0.1, -0.05) is 13.0 Å². The lowest BCUT2D eigenvalue weighted by Gasteiger charge is -2.12. The zero-order chi connectivity index (χ0) is 13.4. The predicted molar refractivity (Wildman–Crippen MR) is 66.2 cm³/mol. The summed E-state index contributed by atoms with van der Waals surface area (Å²) in [5.41, 5.74) is 0.878. The molecule has 1 aromatic rings. The van der Waals surface area contributed by atoms with Crippen LogP contribution in [0.5, 0.6) is 0 Å². The minimum absolute atomic E-state index is 0.350.